The number of hydrogen-bond acceptors (Lipinski definition) is 7. The van der Waals surface area contributed by atoms with Crippen molar-refractivity contribution in [2.75, 3.05) is 0 Å². The Labute approximate surface area is 150 Å². The highest BCUT2D eigenvalue weighted by atomic mass is 32.2. The fraction of sp³-hybridized carbons (Fsp3) is 0.143. The van der Waals surface area contributed by atoms with Gasteiger partial charge in [-0.05, 0) is 11.6 Å². The Hall–Kier alpha value is -2.79. The van der Waals surface area contributed by atoms with Crippen molar-refractivity contribution in [1.82, 2.24) is 4.90 Å². The normalized spacial score (nSPS) is 17.0. The van der Waals surface area contributed by atoms with Crippen molar-refractivity contribution >= 4 is 57.9 Å². The minimum Gasteiger partial charge on any atom is -0.481 e. The van der Waals surface area contributed by atoms with E-state index in [1.54, 1.807) is 0 Å². The van der Waals surface area contributed by atoms with Crippen LogP contribution in [0.5, 0.6) is 0 Å². The van der Waals surface area contributed by atoms with Gasteiger partial charge in [0.2, 0.25) is 0 Å². The van der Waals surface area contributed by atoms with Crippen LogP contribution in [0.25, 0.3) is 6.08 Å². The Morgan fingerprint density at radius 2 is 2.08 bits per heavy atom. The maximum atomic E-state index is 12.4. The third-order valence-corrected chi connectivity index (χ3v) is 4.50. The number of carbonyl (C=O) groups excluding carboxylic acids is 1. The SMILES string of the molecule is O=C(O)CC(C(=O)O)N1C(=O)/C(=C\c2cccc([N+](=O)[O-])c2)SC1=S. The quantitative estimate of drug-likeness (QED) is 0.326. The summed E-state index contributed by atoms with van der Waals surface area (Å²) >= 11 is 5.80. The van der Waals surface area contributed by atoms with Crippen LogP contribution in [0.15, 0.2) is 29.2 Å². The highest BCUT2D eigenvalue weighted by Gasteiger charge is 2.41. The van der Waals surface area contributed by atoms with E-state index in [1.165, 1.54) is 30.3 Å². The number of nitro benzene ring substituents is 1. The van der Waals surface area contributed by atoms with Crippen LogP contribution in [-0.4, -0.2) is 48.2 Å². The zero-order valence-corrected chi connectivity index (χ0v) is 14.0. The summed E-state index contributed by atoms with van der Waals surface area (Å²) in [5.41, 5.74) is 0.193. The van der Waals surface area contributed by atoms with Gasteiger partial charge in [0.15, 0.2) is 0 Å². The Bertz CT molecular complexity index is 821. The predicted molar refractivity (Wildman–Crippen MR) is 91.8 cm³/mol. The van der Waals surface area contributed by atoms with Gasteiger partial charge in [-0.25, -0.2) is 4.79 Å². The summed E-state index contributed by atoms with van der Waals surface area (Å²) in [5, 5.41) is 28.8. The Balaban J connectivity index is 2.34. The topological polar surface area (TPSA) is 138 Å². The van der Waals surface area contributed by atoms with Crippen molar-refractivity contribution < 1.29 is 29.5 Å². The summed E-state index contributed by atoms with van der Waals surface area (Å²) in [6, 6.07) is 3.88. The number of carboxylic acid groups (broad SMARTS) is 2. The van der Waals surface area contributed by atoms with Crippen LogP contribution in [0.3, 0.4) is 0 Å². The summed E-state index contributed by atoms with van der Waals surface area (Å²) in [6.07, 6.45) is 0.540. The lowest BCUT2D eigenvalue weighted by Gasteiger charge is -2.21. The molecule has 0 aliphatic carbocycles. The first-order valence-corrected chi connectivity index (χ1v) is 7.89. The Morgan fingerprint density at radius 3 is 2.64 bits per heavy atom. The lowest BCUT2D eigenvalue weighted by molar-refractivity contribution is -0.384. The van der Waals surface area contributed by atoms with Crippen molar-refractivity contribution in [3.63, 3.8) is 0 Å². The maximum absolute atomic E-state index is 12.4. The number of amides is 1. The van der Waals surface area contributed by atoms with Gasteiger partial charge < -0.3 is 10.2 Å². The summed E-state index contributed by atoms with van der Waals surface area (Å²) in [4.78, 5) is 45.5. The van der Waals surface area contributed by atoms with E-state index in [-0.39, 0.29) is 14.9 Å². The number of benzene rings is 1. The first kappa shape index (κ1) is 18.5. The predicted octanol–water partition coefficient (Wildman–Crippen LogP) is 1.72. The molecule has 1 atom stereocenters. The van der Waals surface area contributed by atoms with Gasteiger partial charge >= 0.3 is 11.9 Å². The van der Waals surface area contributed by atoms with Crippen molar-refractivity contribution in [2.45, 2.75) is 12.5 Å². The number of nitro groups is 1. The number of carboxylic acids is 2. The van der Waals surface area contributed by atoms with Gasteiger partial charge in [0, 0.05) is 12.1 Å². The number of aliphatic carboxylic acids is 2. The van der Waals surface area contributed by atoms with E-state index in [2.05, 4.69) is 0 Å². The van der Waals surface area contributed by atoms with E-state index in [1.807, 2.05) is 0 Å². The van der Waals surface area contributed by atoms with Gasteiger partial charge in [0.1, 0.15) is 10.4 Å². The average molecular weight is 382 g/mol. The highest BCUT2D eigenvalue weighted by Crippen LogP contribution is 2.35. The zero-order valence-electron chi connectivity index (χ0n) is 12.3. The second-order valence-electron chi connectivity index (χ2n) is 4.86. The molecule has 11 heteroatoms. The van der Waals surface area contributed by atoms with E-state index in [0.29, 0.717) is 5.56 Å². The number of carbonyl (C=O) groups is 3. The van der Waals surface area contributed by atoms with Gasteiger partial charge in [-0.2, -0.15) is 0 Å². The molecule has 0 bridgehead atoms. The Kier molecular flexibility index (Phi) is 5.49. The number of nitrogens with zero attached hydrogens (tertiary/aromatic N) is 2. The van der Waals surface area contributed by atoms with E-state index in [9.17, 15) is 29.6 Å². The molecular weight excluding hydrogens is 372 g/mol. The Morgan fingerprint density at radius 1 is 1.40 bits per heavy atom. The molecule has 0 saturated carbocycles. The molecule has 2 N–H and O–H groups in total. The third-order valence-electron chi connectivity index (χ3n) is 3.17. The lowest BCUT2D eigenvalue weighted by Crippen LogP contribution is -2.45. The second kappa shape index (κ2) is 7.40. The standard InChI is InChI=1S/C14H10N2O7S2/c17-11(18)6-9(13(20)21)15-12(19)10(25-14(15)24)5-7-2-1-3-8(4-7)16(22)23/h1-5,9H,6H2,(H,17,18)(H,20,21)/b10-5+. The van der Waals surface area contributed by atoms with Gasteiger partial charge in [-0.15, -0.1) is 0 Å². The van der Waals surface area contributed by atoms with Crippen LogP contribution < -0.4 is 0 Å². The lowest BCUT2D eigenvalue weighted by atomic mass is 10.1. The molecule has 1 aliphatic heterocycles. The molecule has 1 saturated heterocycles. The van der Waals surface area contributed by atoms with E-state index < -0.39 is 35.2 Å². The van der Waals surface area contributed by atoms with Crippen molar-refractivity contribution in [1.29, 1.82) is 0 Å². The molecular formula is C14H10N2O7S2. The molecule has 1 aromatic rings. The molecule has 2 rings (SSSR count). The number of non-ortho nitro benzene ring substituents is 1. The molecule has 1 amide bonds. The van der Waals surface area contributed by atoms with Gasteiger partial charge in [0.25, 0.3) is 11.6 Å². The summed E-state index contributed by atoms with van der Waals surface area (Å²) < 4.78 is -0.0877. The second-order valence-corrected chi connectivity index (χ2v) is 6.53. The van der Waals surface area contributed by atoms with Crippen LogP contribution in [-0.2, 0) is 14.4 Å². The van der Waals surface area contributed by atoms with E-state index in [0.717, 1.165) is 16.7 Å². The third kappa shape index (κ3) is 4.19. The smallest absolute Gasteiger partial charge is 0.327 e. The zero-order chi connectivity index (χ0) is 18.7. The van der Waals surface area contributed by atoms with Gasteiger partial charge in [0.05, 0.1) is 16.2 Å². The minimum absolute atomic E-state index is 0.0575. The van der Waals surface area contributed by atoms with E-state index in [4.69, 9.17) is 17.3 Å². The number of thiocarbonyl (C=S) groups is 1. The first-order valence-electron chi connectivity index (χ1n) is 6.67. The number of hydrogen-bond donors (Lipinski definition) is 2. The molecule has 9 nitrogen and oxygen atoms in total. The first-order chi connectivity index (χ1) is 11.7. The highest BCUT2D eigenvalue weighted by molar-refractivity contribution is 8.26. The van der Waals surface area contributed by atoms with Gasteiger partial charge in [-0.1, -0.05) is 36.1 Å². The fourth-order valence-corrected chi connectivity index (χ4v) is 3.44. The largest absolute Gasteiger partial charge is 0.481 e. The van der Waals surface area contributed by atoms with E-state index >= 15 is 0 Å². The summed E-state index contributed by atoms with van der Waals surface area (Å²) in [7, 11) is 0. The van der Waals surface area contributed by atoms with Crippen molar-refractivity contribution in [2.24, 2.45) is 0 Å². The van der Waals surface area contributed by atoms with Crippen molar-refractivity contribution in [3.05, 3.63) is 44.8 Å². The summed E-state index contributed by atoms with van der Waals surface area (Å²) in [5.74, 6) is -3.63. The van der Waals surface area contributed by atoms with Crippen LogP contribution in [0.2, 0.25) is 0 Å². The molecule has 130 valence electrons. The molecule has 1 aromatic carbocycles. The average Bonchev–Trinajstić information content (AvgIpc) is 2.79. The molecule has 25 heavy (non-hydrogen) atoms. The molecule has 0 spiro atoms. The molecule has 1 heterocycles. The fourth-order valence-electron chi connectivity index (χ4n) is 2.08. The van der Waals surface area contributed by atoms with Crippen LogP contribution >= 0.6 is 24.0 Å². The molecule has 1 aliphatic rings. The molecule has 0 aromatic heterocycles. The van der Waals surface area contributed by atoms with Crippen LogP contribution in [0.4, 0.5) is 5.69 Å². The molecule has 0 radical (unpaired) electrons. The van der Waals surface area contributed by atoms with Gasteiger partial charge in [-0.3, -0.25) is 24.6 Å². The number of rotatable bonds is 6. The van der Waals surface area contributed by atoms with Crippen molar-refractivity contribution in [3.8, 4) is 0 Å². The molecule has 1 fully saturated rings. The van der Waals surface area contributed by atoms with Crippen LogP contribution in [0, 0.1) is 10.1 Å². The van der Waals surface area contributed by atoms with Crippen LogP contribution in [0.1, 0.15) is 12.0 Å². The minimum atomic E-state index is -1.62. The maximum Gasteiger partial charge on any atom is 0.327 e. The number of thioether (sulfide) groups is 1. The molecule has 1 unspecified atom stereocenters. The monoisotopic (exact) mass is 382 g/mol. The summed E-state index contributed by atoms with van der Waals surface area (Å²) in [6.45, 7) is 0.